The first-order chi connectivity index (χ1) is 9.10. The minimum atomic E-state index is 0.102. The molecule has 1 aliphatic rings. The molecule has 0 saturated heterocycles. The monoisotopic (exact) mass is 327 g/mol. The molecule has 0 bridgehead atoms. The van der Waals surface area contributed by atoms with Crippen LogP contribution in [-0.4, -0.2) is 19.3 Å². The molecule has 0 aliphatic heterocycles. The molecule has 1 atom stereocenters. The molecular weight excluding hydrogens is 306 g/mol. The predicted molar refractivity (Wildman–Crippen MR) is 80.9 cm³/mol. The van der Waals surface area contributed by atoms with Crippen LogP contribution < -0.4 is 15.2 Å². The highest BCUT2D eigenvalue weighted by molar-refractivity contribution is 9.10. The van der Waals surface area contributed by atoms with E-state index in [0.29, 0.717) is 6.10 Å². The molecule has 1 fully saturated rings. The summed E-state index contributed by atoms with van der Waals surface area (Å²) in [5.74, 6) is 1.66. The zero-order valence-corrected chi connectivity index (χ0v) is 13.2. The van der Waals surface area contributed by atoms with Gasteiger partial charge in [-0.05, 0) is 51.2 Å². The van der Waals surface area contributed by atoms with Crippen LogP contribution in [0.2, 0.25) is 0 Å². The lowest BCUT2D eigenvalue weighted by Gasteiger charge is -2.20. The standard InChI is InChI=1S/C15H22BrNO2/c1-10(17)7-11-8-12(16)9-14(18-2)15(11)19-13-5-3-4-6-13/h8-10,13H,3-7,17H2,1-2H3. The van der Waals surface area contributed by atoms with E-state index in [0.717, 1.165) is 40.8 Å². The fourth-order valence-electron chi connectivity index (χ4n) is 2.58. The molecule has 0 aromatic heterocycles. The Kier molecular flexibility index (Phi) is 5.11. The number of nitrogens with two attached hydrogens (primary N) is 1. The molecule has 0 spiro atoms. The summed E-state index contributed by atoms with van der Waals surface area (Å²) >= 11 is 3.51. The summed E-state index contributed by atoms with van der Waals surface area (Å²) in [6.45, 7) is 2.01. The van der Waals surface area contributed by atoms with E-state index >= 15 is 0 Å². The van der Waals surface area contributed by atoms with Crippen LogP contribution in [0.5, 0.6) is 11.5 Å². The van der Waals surface area contributed by atoms with Crippen molar-refractivity contribution in [2.45, 2.75) is 51.2 Å². The van der Waals surface area contributed by atoms with Crippen molar-refractivity contribution in [1.82, 2.24) is 0 Å². The van der Waals surface area contributed by atoms with Crippen LogP contribution in [0.3, 0.4) is 0 Å². The van der Waals surface area contributed by atoms with Crippen LogP contribution in [0, 0.1) is 0 Å². The summed E-state index contributed by atoms with van der Waals surface area (Å²) in [5, 5.41) is 0. The third kappa shape index (κ3) is 3.86. The van der Waals surface area contributed by atoms with Gasteiger partial charge in [-0.15, -0.1) is 0 Å². The van der Waals surface area contributed by atoms with E-state index in [1.807, 2.05) is 13.0 Å². The second-order valence-electron chi connectivity index (χ2n) is 5.30. The minimum Gasteiger partial charge on any atom is -0.493 e. The lowest BCUT2D eigenvalue weighted by atomic mass is 10.1. The molecular formula is C15H22BrNO2. The Hall–Kier alpha value is -0.740. The zero-order chi connectivity index (χ0) is 13.8. The number of benzene rings is 1. The van der Waals surface area contributed by atoms with E-state index in [4.69, 9.17) is 15.2 Å². The van der Waals surface area contributed by atoms with Crippen LogP contribution in [0.15, 0.2) is 16.6 Å². The lowest BCUT2D eigenvalue weighted by Crippen LogP contribution is -2.20. The van der Waals surface area contributed by atoms with Crippen LogP contribution >= 0.6 is 15.9 Å². The van der Waals surface area contributed by atoms with Crippen molar-refractivity contribution in [3.8, 4) is 11.5 Å². The molecule has 1 unspecified atom stereocenters. The van der Waals surface area contributed by atoms with Gasteiger partial charge in [0.05, 0.1) is 13.2 Å². The Morgan fingerprint density at radius 3 is 2.63 bits per heavy atom. The molecule has 1 saturated carbocycles. The Balaban J connectivity index is 2.29. The maximum absolute atomic E-state index is 6.18. The molecule has 4 heteroatoms. The van der Waals surface area contributed by atoms with Gasteiger partial charge in [-0.25, -0.2) is 0 Å². The first-order valence-corrected chi connectivity index (χ1v) is 7.68. The van der Waals surface area contributed by atoms with E-state index < -0.39 is 0 Å². The maximum Gasteiger partial charge on any atom is 0.164 e. The lowest BCUT2D eigenvalue weighted by molar-refractivity contribution is 0.198. The fraction of sp³-hybridized carbons (Fsp3) is 0.600. The van der Waals surface area contributed by atoms with Crippen molar-refractivity contribution in [3.63, 3.8) is 0 Å². The van der Waals surface area contributed by atoms with Gasteiger partial charge in [-0.1, -0.05) is 15.9 Å². The van der Waals surface area contributed by atoms with Crippen LogP contribution in [0.1, 0.15) is 38.2 Å². The quantitative estimate of drug-likeness (QED) is 0.897. The fourth-order valence-corrected chi connectivity index (χ4v) is 3.06. The van der Waals surface area contributed by atoms with Gasteiger partial charge >= 0.3 is 0 Å². The predicted octanol–water partition coefficient (Wildman–Crippen LogP) is 3.67. The zero-order valence-electron chi connectivity index (χ0n) is 11.6. The average Bonchev–Trinajstić information content (AvgIpc) is 2.84. The first-order valence-electron chi connectivity index (χ1n) is 6.88. The highest BCUT2D eigenvalue weighted by Crippen LogP contribution is 2.38. The Morgan fingerprint density at radius 2 is 2.05 bits per heavy atom. The Labute approximate surface area is 123 Å². The molecule has 1 aliphatic carbocycles. The minimum absolute atomic E-state index is 0.102. The summed E-state index contributed by atoms with van der Waals surface area (Å²) in [5.41, 5.74) is 7.05. The van der Waals surface area contributed by atoms with E-state index in [1.54, 1.807) is 7.11 Å². The van der Waals surface area contributed by atoms with Crippen molar-refractivity contribution in [1.29, 1.82) is 0 Å². The average molecular weight is 328 g/mol. The van der Waals surface area contributed by atoms with Crippen LogP contribution in [-0.2, 0) is 6.42 Å². The van der Waals surface area contributed by atoms with Gasteiger partial charge in [0.2, 0.25) is 0 Å². The summed E-state index contributed by atoms with van der Waals surface area (Å²) in [7, 11) is 1.68. The summed E-state index contributed by atoms with van der Waals surface area (Å²) in [6, 6.07) is 4.13. The van der Waals surface area contributed by atoms with Gasteiger partial charge in [0.25, 0.3) is 0 Å². The molecule has 1 aromatic rings. The number of ether oxygens (including phenoxy) is 2. The van der Waals surface area contributed by atoms with Crippen LogP contribution in [0.4, 0.5) is 0 Å². The van der Waals surface area contributed by atoms with E-state index in [2.05, 4.69) is 22.0 Å². The summed E-state index contributed by atoms with van der Waals surface area (Å²) in [6.07, 6.45) is 5.89. The topological polar surface area (TPSA) is 44.5 Å². The van der Waals surface area contributed by atoms with Gasteiger partial charge in [0, 0.05) is 16.1 Å². The van der Waals surface area contributed by atoms with Crippen molar-refractivity contribution >= 4 is 15.9 Å². The molecule has 0 amide bonds. The maximum atomic E-state index is 6.18. The number of hydrogen-bond donors (Lipinski definition) is 1. The molecule has 3 nitrogen and oxygen atoms in total. The normalized spacial score (nSPS) is 17.5. The van der Waals surface area contributed by atoms with Gasteiger partial charge in [0.15, 0.2) is 11.5 Å². The van der Waals surface area contributed by atoms with Gasteiger partial charge < -0.3 is 15.2 Å². The molecule has 2 N–H and O–H groups in total. The second-order valence-corrected chi connectivity index (χ2v) is 6.22. The number of hydrogen-bond acceptors (Lipinski definition) is 3. The third-order valence-electron chi connectivity index (χ3n) is 3.45. The largest absolute Gasteiger partial charge is 0.493 e. The SMILES string of the molecule is COc1cc(Br)cc(CC(C)N)c1OC1CCCC1. The molecule has 0 radical (unpaired) electrons. The summed E-state index contributed by atoms with van der Waals surface area (Å²) < 4.78 is 12.6. The highest BCUT2D eigenvalue weighted by Gasteiger charge is 2.21. The van der Waals surface area contributed by atoms with Gasteiger partial charge in [-0.2, -0.15) is 0 Å². The van der Waals surface area contributed by atoms with Crippen LogP contribution in [0.25, 0.3) is 0 Å². The molecule has 0 heterocycles. The van der Waals surface area contributed by atoms with Gasteiger partial charge in [-0.3, -0.25) is 0 Å². The first kappa shape index (κ1) is 14.7. The highest BCUT2D eigenvalue weighted by atomic mass is 79.9. The van der Waals surface area contributed by atoms with Crippen molar-refractivity contribution in [2.75, 3.05) is 7.11 Å². The molecule has 2 rings (SSSR count). The summed E-state index contributed by atoms with van der Waals surface area (Å²) in [4.78, 5) is 0. The Bertz CT molecular complexity index is 428. The number of rotatable bonds is 5. The second kappa shape index (κ2) is 6.62. The van der Waals surface area contributed by atoms with Crippen molar-refractivity contribution < 1.29 is 9.47 Å². The number of methoxy groups -OCH3 is 1. The number of halogens is 1. The molecule has 106 valence electrons. The Morgan fingerprint density at radius 1 is 1.37 bits per heavy atom. The third-order valence-corrected chi connectivity index (χ3v) is 3.90. The molecule has 1 aromatic carbocycles. The molecule has 19 heavy (non-hydrogen) atoms. The van der Waals surface area contributed by atoms with Gasteiger partial charge in [0.1, 0.15) is 0 Å². The smallest absolute Gasteiger partial charge is 0.164 e. The van der Waals surface area contributed by atoms with E-state index in [1.165, 1.54) is 12.8 Å². The van der Waals surface area contributed by atoms with Crippen molar-refractivity contribution in [3.05, 3.63) is 22.2 Å². The van der Waals surface area contributed by atoms with E-state index in [-0.39, 0.29) is 6.04 Å². The van der Waals surface area contributed by atoms with Crippen molar-refractivity contribution in [2.24, 2.45) is 5.73 Å². The van der Waals surface area contributed by atoms with E-state index in [9.17, 15) is 0 Å².